The lowest BCUT2D eigenvalue weighted by Crippen LogP contribution is -2.35. The monoisotopic (exact) mass is 440 g/mol. The molecule has 0 N–H and O–H groups in total. The molecule has 2 aliphatic carbocycles. The molecule has 29 heavy (non-hydrogen) atoms. The van der Waals surface area contributed by atoms with Gasteiger partial charge in [0.15, 0.2) is 0 Å². The van der Waals surface area contributed by atoms with Crippen molar-refractivity contribution in [3.63, 3.8) is 0 Å². The van der Waals surface area contributed by atoms with Gasteiger partial charge in [0.25, 0.3) is 0 Å². The van der Waals surface area contributed by atoms with E-state index in [9.17, 15) is 0 Å². The van der Waals surface area contributed by atoms with E-state index in [1.165, 1.54) is 81.3 Å². The zero-order chi connectivity index (χ0) is 21.0. The topological polar surface area (TPSA) is 9.23 Å². The van der Waals surface area contributed by atoms with Crippen molar-refractivity contribution in [2.24, 2.45) is 11.8 Å². The Morgan fingerprint density at radius 2 is 1.41 bits per heavy atom. The lowest BCUT2D eigenvalue weighted by molar-refractivity contribution is 0.0920. The number of thioether (sulfide) groups is 1. The summed E-state index contributed by atoms with van der Waals surface area (Å²) in [4.78, 5) is 0. The number of hydrogen-bond donors (Lipinski definition) is 0. The van der Waals surface area contributed by atoms with E-state index in [-0.39, 0.29) is 0 Å². The molecule has 3 unspecified atom stereocenters. The molecule has 172 valence electrons. The zero-order valence-electron chi connectivity index (χ0n) is 20.4. The normalized spacial score (nSPS) is 24.1. The molecular formula is C26H52OSSi. The van der Waals surface area contributed by atoms with Gasteiger partial charge in [-0.15, -0.1) is 0 Å². The van der Waals surface area contributed by atoms with E-state index in [1.54, 1.807) is 31.7 Å². The largest absolute Gasteiger partial charge is 0.378 e. The van der Waals surface area contributed by atoms with Crippen LogP contribution in [-0.4, -0.2) is 32.3 Å². The highest BCUT2D eigenvalue weighted by Crippen LogP contribution is 2.56. The summed E-state index contributed by atoms with van der Waals surface area (Å²) in [5, 5.41) is 0. The summed E-state index contributed by atoms with van der Waals surface area (Å²) in [6.45, 7) is 10.6. The number of ether oxygens (including phenoxy) is 1. The van der Waals surface area contributed by atoms with Crippen LogP contribution < -0.4 is 0 Å². The van der Waals surface area contributed by atoms with Crippen molar-refractivity contribution >= 4 is 19.8 Å². The standard InChI is InChI=1S/C26H52OSSi/c1-23(2)27-17-19-28-18-13-11-9-7-5-6-8-10-12-14-20-29(3,4)26-22-24-15-16-25(26)21-24/h23-26H,5-22H2,1-4H3. The minimum Gasteiger partial charge on any atom is -0.378 e. The highest BCUT2D eigenvalue weighted by atomic mass is 32.2. The van der Waals surface area contributed by atoms with E-state index in [4.69, 9.17) is 4.74 Å². The average molecular weight is 441 g/mol. The predicted octanol–water partition coefficient (Wildman–Crippen LogP) is 8.94. The van der Waals surface area contributed by atoms with Gasteiger partial charge in [0.1, 0.15) is 0 Å². The number of hydrogen-bond acceptors (Lipinski definition) is 2. The van der Waals surface area contributed by atoms with Crippen LogP contribution in [0, 0.1) is 11.8 Å². The third-order valence-electron chi connectivity index (χ3n) is 7.78. The molecule has 2 rings (SSSR count). The second kappa shape index (κ2) is 14.6. The molecule has 0 amide bonds. The molecule has 1 nitrogen and oxygen atoms in total. The molecule has 0 saturated heterocycles. The summed E-state index contributed by atoms with van der Waals surface area (Å²) in [6, 6.07) is 1.61. The first-order valence-corrected chi connectivity index (χ1v) is 17.6. The minimum absolute atomic E-state index is 0.385. The van der Waals surface area contributed by atoms with Crippen LogP contribution in [0.25, 0.3) is 0 Å². The van der Waals surface area contributed by atoms with Crippen molar-refractivity contribution in [2.45, 2.75) is 135 Å². The summed E-state index contributed by atoms with van der Waals surface area (Å²) in [6.07, 6.45) is 21.5. The third kappa shape index (κ3) is 10.6. The SMILES string of the molecule is CC(C)OCCSCCCCCCCCCCCC[Si](C)(C)C1CC2CCC1C2. The van der Waals surface area contributed by atoms with Crippen LogP contribution in [0.2, 0.25) is 24.7 Å². The Balaban J connectivity index is 1.30. The molecule has 0 aromatic rings. The second-order valence-electron chi connectivity index (χ2n) is 11.1. The Morgan fingerprint density at radius 3 is 1.97 bits per heavy atom. The van der Waals surface area contributed by atoms with Gasteiger partial charge in [0.2, 0.25) is 0 Å². The van der Waals surface area contributed by atoms with Crippen molar-refractivity contribution in [3.05, 3.63) is 0 Å². The van der Waals surface area contributed by atoms with Crippen molar-refractivity contribution in [2.75, 3.05) is 18.1 Å². The second-order valence-corrected chi connectivity index (χ2v) is 17.5. The predicted molar refractivity (Wildman–Crippen MR) is 136 cm³/mol. The van der Waals surface area contributed by atoms with Gasteiger partial charge < -0.3 is 4.74 Å². The molecule has 2 fully saturated rings. The summed E-state index contributed by atoms with van der Waals surface area (Å²) in [7, 11) is -0.943. The highest BCUT2D eigenvalue weighted by Gasteiger charge is 2.46. The smallest absolute Gasteiger partial charge is 0.0560 e. The van der Waals surface area contributed by atoms with Crippen molar-refractivity contribution in [1.82, 2.24) is 0 Å². The van der Waals surface area contributed by atoms with Crippen LogP contribution in [0.15, 0.2) is 0 Å². The first-order valence-electron chi connectivity index (χ1n) is 13.2. The van der Waals surface area contributed by atoms with E-state index < -0.39 is 8.07 Å². The Morgan fingerprint density at radius 1 is 0.793 bits per heavy atom. The molecule has 0 aromatic heterocycles. The van der Waals surface area contributed by atoms with Crippen LogP contribution in [0.4, 0.5) is 0 Å². The number of fused-ring (bicyclic) bond motifs is 2. The van der Waals surface area contributed by atoms with Crippen LogP contribution in [-0.2, 0) is 4.74 Å². The van der Waals surface area contributed by atoms with Gasteiger partial charge in [-0.2, -0.15) is 11.8 Å². The van der Waals surface area contributed by atoms with Crippen molar-refractivity contribution < 1.29 is 4.74 Å². The summed E-state index contributed by atoms with van der Waals surface area (Å²) in [5.74, 6) is 4.78. The van der Waals surface area contributed by atoms with Crippen LogP contribution in [0.5, 0.6) is 0 Å². The Hall–Kier alpha value is 0.527. The fourth-order valence-electron chi connectivity index (χ4n) is 6.03. The molecule has 2 bridgehead atoms. The molecule has 3 heteroatoms. The average Bonchev–Trinajstić information content (AvgIpc) is 3.31. The molecule has 0 aliphatic heterocycles. The van der Waals surface area contributed by atoms with Gasteiger partial charge in [0, 0.05) is 5.75 Å². The van der Waals surface area contributed by atoms with Crippen LogP contribution in [0.3, 0.4) is 0 Å². The molecule has 2 aliphatic rings. The van der Waals surface area contributed by atoms with E-state index in [0.717, 1.165) is 18.4 Å². The quantitative estimate of drug-likeness (QED) is 0.155. The Bertz CT molecular complexity index is 412. The van der Waals surface area contributed by atoms with E-state index in [0.29, 0.717) is 6.10 Å². The first kappa shape index (κ1) is 25.8. The number of unbranched alkanes of at least 4 members (excludes halogenated alkanes) is 9. The van der Waals surface area contributed by atoms with Gasteiger partial charge in [-0.1, -0.05) is 89.8 Å². The maximum atomic E-state index is 5.58. The first-order chi connectivity index (χ1) is 14.0. The lowest BCUT2D eigenvalue weighted by Gasteiger charge is -2.36. The molecule has 0 radical (unpaired) electrons. The van der Waals surface area contributed by atoms with E-state index in [1.807, 2.05) is 0 Å². The molecule has 0 heterocycles. The lowest BCUT2D eigenvalue weighted by atomic mass is 10.0. The minimum atomic E-state index is -0.943. The van der Waals surface area contributed by atoms with Crippen LogP contribution >= 0.6 is 11.8 Å². The van der Waals surface area contributed by atoms with Gasteiger partial charge in [-0.25, -0.2) is 0 Å². The van der Waals surface area contributed by atoms with Crippen molar-refractivity contribution in [1.29, 1.82) is 0 Å². The Labute approximate surface area is 188 Å². The van der Waals surface area contributed by atoms with E-state index >= 15 is 0 Å². The van der Waals surface area contributed by atoms with Gasteiger partial charge in [-0.05, 0) is 56.2 Å². The number of rotatable bonds is 18. The zero-order valence-corrected chi connectivity index (χ0v) is 22.2. The summed E-state index contributed by atoms with van der Waals surface area (Å²) >= 11 is 2.07. The van der Waals surface area contributed by atoms with Gasteiger partial charge in [0.05, 0.1) is 20.8 Å². The molecule has 0 spiro atoms. The maximum Gasteiger partial charge on any atom is 0.0560 e. The fourth-order valence-corrected chi connectivity index (χ4v) is 10.9. The molecule has 0 aromatic carbocycles. The van der Waals surface area contributed by atoms with Gasteiger partial charge >= 0.3 is 0 Å². The molecule has 3 atom stereocenters. The highest BCUT2D eigenvalue weighted by molar-refractivity contribution is 7.99. The molecular weight excluding hydrogens is 388 g/mol. The Kier molecular flexibility index (Phi) is 12.9. The van der Waals surface area contributed by atoms with Crippen molar-refractivity contribution in [3.8, 4) is 0 Å². The molecule has 2 saturated carbocycles. The summed E-state index contributed by atoms with van der Waals surface area (Å²) in [5.41, 5.74) is 1.19. The fraction of sp³-hybridized carbons (Fsp3) is 1.00. The van der Waals surface area contributed by atoms with E-state index in [2.05, 4.69) is 38.7 Å². The summed E-state index contributed by atoms with van der Waals surface area (Å²) < 4.78 is 5.58. The third-order valence-corrected chi connectivity index (χ3v) is 13.2. The maximum absolute atomic E-state index is 5.58. The van der Waals surface area contributed by atoms with Gasteiger partial charge in [-0.3, -0.25) is 0 Å². The van der Waals surface area contributed by atoms with Crippen LogP contribution in [0.1, 0.15) is 104 Å².